The van der Waals surface area contributed by atoms with Gasteiger partial charge in [-0.25, -0.2) is 9.48 Å². The van der Waals surface area contributed by atoms with Crippen LogP contribution in [0.5, 0.6) is 5.75 Å². The van der Waals surface area contributed by atoms with Gasteiger partial charge in [-0.05, 0) is 60.9 Å². The molecule has 0 bridgehead atoms. The average molecular weight is 413 g/mol. The van der Waals surface area contributed by atoms with E-state index in [-0.39, 0.29) is 0 Å². The molecule has 6 nitrogen and oxygen atoms in total. The van der Waals surface area contributed by atoms with E-state index in [1.807, 2.05) is 79.3 Å². The Balaban J connectivity index is 1.62. The van der Waals surface area contributed by atoms with Crippen molar-refractivity contribution in [2.75, 3.05) is 12.4 Å². The minimum Gasteiger partial charge on any atom is -0.437 e. The van der Waals surface area contributed by atoms with E-state index < -0.39 is 6.16 Å². The van der Waals surface area contributed by atoms with E-state index in [9.17, 15) is 4.79 Å². The normalized spacial score (nSPS) is 10.5. The standard InChI is InChI=1S/C25H23N3O3/c1-17-15-19(26-23-13-14-28(27-23)20-9-5-4-6-10-20)16-18(2)24(17)21-11-7-8-12-22(21)31-25(29)30-3/h4-16H,1-3H3,(H,26,27). The van der Waals surface area contributed by atoms with Crippen LogP contribution >= 0.6 is 0 Å². The van der Waals surface area contributed by atoms with Gasteiger partial charge >= 0.3 is 6.16 Å². The maximum absolute atomic E-state index is 11.6. The van der Waals surface area contributed by atoms with Gasteiger partial charge in [0, 0.05) is 23.5 Å². The number of aromatic nitrogens is 2. The molecule has 4 rings (SSSR count). The number of hydrogen-bond acceptors (Lipinski definition) is 5. The van der Waals surface area contributed by atoms with Crippen molar-refractivity contribution in [3.8, 4) is 22.6 Å². The van der Waals surface area contributed by atoms with E-state index in [4.69, 9.17) is 4.74 Å². The molecule has 0 saturated carbocycles. The fourth-order valence-corrected chi connectivity index (χ4v) is 3.62. The minimum absolute atomic E-state index is 0.461. The highest BCUT2D eigenvalue weighted by atomic mass is 16.7. The van der Waals surface area contributed by atoms with Crippen molar-refractivity contribution in [3.05, 3.63) is 90.1 Å². The number of aryl methyl sites for hydroxylation is 2. The van der Waals surface area contributed by atoms with Crippen LogP contribution in [-0.4, -0.2) is 23.0 Å². The molecule has 0 spiro atoms. The Labute approximate surface area is 181 Å². The SMILES string of the molecule is COC(=O)Oc1ccccc1-c1c(C)cc(Nc2ccn(-c3ccccc3)n2)cc1C. The molecule has 0 atom stereocenters. The zero-order chi connectivity index (χ0) is 21.8. The summed E-state index contributed by atoms with van der Waals surface area (Å²) in [4.78, 5) is 11.6. The maximum atomic E-state index is 11.6. The molecule has 0 unspecified atom stereocenters. The number of para-hydroxylation sites is 2. The Morgan fingerprint density at radius 1 is 0.935 bits per heavy atom. The Morgan fingerprint density at radius 3 is 2.32 bits per heavy atom. The maximum Gasteiger partial charge on any atom is 0.513 e. The van der Waals surface area contributed by atoms with Gasteiger partial charge in [-0.2, -0.15) is 5.10 Å². The van der Waals surface area contributed by atoms with Gasteiger partial charge in [0.15, 0.2) is 5.82 Å². The lowest BCUT2D eigenvalue weighted by molar-refractivity contribution is 0.121. The lowest BCUT2D eigenvalue weighted by Gasteiger charge is -2.16. The Kier molecular flexibility index (Phi) is 5.71. The lowest BCUT2D eigenvalue weighted by atomic mass is 9.94. The number of nitrogens with zero attached hydrogens (tertiary/aromatic N) is 2. The number of anilines is 2. The van der Waals surface area contributed by atoms with Crippen LogP contribution in [0, 0.1) is 13.8 Å². The summed E-state index contributed by atoms with van der Waals surface area (Å²) in [5.74, 6) is 1.22. The van der Waals surface area contributed by atoms with Crippen molar-refractivity contribution < 1.29 is 14.3 Å². The van der Waals surface area contributed by atoms with Crippen LogP contribution < -0.4 is 10.1 Å². The highest BCUT2D eigenvalue weighted by Gasteiger charge is 2.15. The third kappa shape index (κ3) is 4.43. The number of carbonyl (C=O) groups excluding carboxylic acids is 1. The molecule has 0 aliphatic heterocycles. The molecule has 1 heterocycles. The number of carbonyl (C=O) groups is 1. The molecule has 3 aromatic carbocycles. The molecule has 0 radical (unpaired) electrons. The molecular formula is C25H23N3O3. The third-order valence-corrected chi connectivity index (χ3v) is 4.93. The summed E-state index contributed by atoms with van der Waals surface area (Å²) in [6, 6.07) is 23.4. The molecule has 0 saturated heterocycles. The molecule has 6 heteroatoms. The van der Waals surface area contributed by atoms with Crippen LogP contribution in [0.25, 0.3) is 16.8 Å². The molecule has 4 aromatic rings. The molecule has 0 aliphatic rings. The molecule has 31 heavy (non-hydrogen) atoms. The lowest BCUT2D eigenvalue weighted by Crippen LogP contribution is -2.08. The summed E-state index contributed by atoms with van der Waals surface area (Å²) in [7, 11) is 1.29. The van der Waals surface area contributed by atoms with Crippen LogP contribution in [-0.2, 0) is 4.74 Å². The van der Waals surface area contributed by atoms with Crippen LogP contribution in [0.1, 0.15) is 11.1 Å². The first-order valence-electron chi connectivity index (χ1n) is 9.89. The summed E-state index contributed by atoms with van der Waals surface area (Å²) in [5, 5.41) is 7.98. The highest BCUT2D eigenvalue weighted by Crippen LogP contribution is 2.36. The first-order chi connectivity index (χ1) is 15.0. The van der Waals surface area contributed by atoms with E-state index in [1.54, 1.807) is 6.07 Å². The second kappa shape index (κ2) is 8.75. The topological polar surface area (TPSA) is 65.4 Å². The first kappa shape index (κ1) is 20.2. The molecule has 156 valence electrons. The van der Waals surface area contributed by atoms with E-state index in [1.165, 1.54) is 7.11 Å². The van der Waals surface area contributed by atoms with Crippen molar-refractivity contribution >= 4 is 17.7 Å². The second-order valence-corrected chi connectivity index (χ2v) is 7.14. The number of ether oxygens (including phenoxy) is 2. The van der Waals surface area contributed by atoms with Gasteiger partial charge in [0.1, 0.15) is 5.75 Å². The Morgan fingerprint density at radius 2 is 1.61 bits per heavy atom. The Hall–Kier alpha value is -4.06. The molecule has 0 amide bonds. The number of rotatable bonds is 5. The van der Waals surface area contributed by atoms with E-state index in [0.717, 1.165) is 39.4 Å². The number of hydrogen-bond donors (Lipinski definition) is 1. The van der Waals surface area contributed by atoms with Crippen LogP contribution in [0.2, 0.25) is 0 Å². The van der Waals surface area contributed by atoms with Crippen LogP contribution in [0.3, 0.4) is 0 Å². The van der Waals surface area contributed by atoms with E-state index in [0.29, 0.717) is 5.75 Å². The molecule has 0 fully saturated rings. The largest absolute Gasteiger partial charge is 0.513 e. The summed E-state index contributed by atoms with van der Waals surface area (Å²) < 4.78 is 11.8. The Bertz CT molecular complexity index is 1190. The van der Waals surface area contributed by atoms with Crippen LogP contribution in [0.4, 0.5) is 16.3 Å². The minimum atomic E-state index is -0.741. The predicted molar refractivity (Wildman–Crippen MR) is 121 cm³/mol. The molecular weight excluding hydrogens is 390 g/mol. The number of nitrogens with one attached hydrogen (secondary N) is 1. The molecule has 0 aliphatic carbocycles. The quantitative estimate of drug-likeness (QED) is 0.319. The van der Waals surface area contributed by atoms with Crippen molar-refractivity contribution in [2.24, 2.45) is 0 Å². The first-order valence-corrected chi connectivity index (χ1v) is 9.89. The monoisotopic (exact) mass is 413 g/mol. The number of methoxy groups -OCH3 is 1. The van der Waals surface area contributed by atoms with Gasteiger partial charge in [-0.3, -0.25) is 0 Å². The fourth-order valence-electron chi connectivity index (χ4n) is 3.62. The van der Waals surface area contributed by atoms with Crippen molar-refractivity contribution in [1.29, 1.82) is 0 Å². The summed E-state index contributed by atoms with van der Waals surface area (Å²) in [5.41, 5.74) is 5.88. The summed E-state index contributed by atoms with van der Waals surface area (Å²) in [6.07, 6.45) is 1.18. The van der Waals surface area contributed by atoms with Gasteiger partial charge in [-0.1, -0.05) is 36.4 Å². The zero-order valence-corrected chi connectivity index (χ0v) is 17.6. The summed E-state index contributed by atoms with van der Waals surface area (Å²) in [6.45, 7) is 4.07. The van der Waals surface area contributed by atoms with Crippen molar-refractivity contribution in [3.63, 3.8) is 0 Å². The van der Waals surface area contributed by atoms with E-state index >= 15 is 0 Å². The van der Waals surface area contributed by atoms with Gasteiger partial charge in [-0.15, -0.1) is 0 Å². The zero-order valence-electron chi connectivity index (χ0n) is 17.6. The van der Waals surface area contributed by atoms with Gasteiger partial charge in [0.25, 0.3) is 0 Å². The highest BCUT2D eigenvalue weighted by molar-refractivity contribution is 5.80. The molecule has 1 N–H and O–H groups in total. The fraction of sp³-hybridized carbons (Fsp3) is 0.120. The second-order valence-electron chi connectivity index (χ2n) is 7.14. The van der Waals surface area contributed by atoms with Gasteiger partial charge in [0.2, 0.25) is 0 Å². The smallest absolute Gasteiger partial charge is 0.437 e. The average Bonchev–Trinajstić information content (AvgIpc) is 3.23. The predicted octanol–water partition coefficient (Wildman–Crippen LogP) is 6.04. The van der Waals surface area contributed by atoms with Crippen molar-refractivity contribution in [1.82, 2.24) is 9.78 Å². The van der Waals surface area contributed by atoms with Crippen LogP contribution in [0.15, 0.2) is 79.0 Å². The van der Waals surface area contributed by atoms with Gasteiger partial charge < -0.3 is 14.8 Å². The summed E-state index contributed by atoms with van der Waals surface area (Å²) >= 11 is 0. The number of benzene rings is 3. The third-order valence-electron chi connectivity index (χ3n) is 4.93. The van der Waals surface area contributed by atoms with E-state index in [2.05, 4.69) is 27.3 Å². The van der Waals surface area contributed by atoms with Crippen molar-refractivity contribution in [2.45, 2.75) is 13.8 Å². The van der Waals surface area contributed by atoms with Gasteiger partial charge in [0.05, 0.1) is 12.8 Å². The molecule has 1 aromatic heterocycles.